The van der Waals surface area contributed by atoms with Crippen LogP contribution in [0, 0.1) is 0 Å². The summed E-state index contributed by atoms with van der Waals surface area (Å²) < 4.78 is 11.7. The molecule has 4 nitrogen and oxygen atoms in total. The highest BCUT2D eigenvalue weighted by Gasteiger charge is 2.15. The number of benzene rings is 1. The van der Waals surface area contributed by atoms with Gasteiger partial charge in [-0.2, -0.15) is 0 Å². The number of hydrogen-bond acceptors (Lipinski definition) is 4. The summed E-state index contributed by atoms with van der Waals surface area (Å²) >= 11 is 0. The molecule has 1 aromatic heterocycles. The van der Waals surface area contributed by atoms with Gasteiger partial charge >= 0.3 is 0 Å². The highest BCUT2D eigenvalue weighted by atomic mass is 16.5. The van der Waals surface area contributed by atoms with Crippen molar-refractivity contribution in [3.8, 4) is 11.6 Å². The first-order chi connectivity index (χ1) is 10.3. The first-order valence-corrected chi connectivity index (χ1v) is 7.29. The Balaban J connectivity index is 2.19. The smallest absolute Gasteiger partial charge is 0.257 e. The largest absolute Gasteiger partial charge is 0.480 e. The minimum atomic E-state index is -0.0259. The van der Waals surface area contributed by atoms with Gasteiger partial charge in [0.25, 0.3) is 5.88 Å². The van der Waals surface area contributed by atoms with Gasteiger partial charge in [-0.25, -0.2) is 4.98 Å². The standard InChI is InChI=1S/C17H22N2O2/c1-3-20-17-16(10-7-12-19-17)21-15(11-13-18-2)14-8-5-4-6-9-14/h4-10,12,15,18H,3,11,13H2,1-2H3. The lowest BCUT2D eigenvalue weighted by molar-refractivity contribution is 0.181. The fourth-order valence-electron chi connectivity index (χ4n) is 2.10. The highest BCUT2D eigenvalue weighted by Crippen LogP contribution is 2.30. The van der Waals surface area contributed by atoms with Crippen LogP contribution >= 0.6 is 0 Å². The summed E-state index contributed by atoms with van der Waals surface area (Å²) in [6, 6.07) is 14.0. The average molecular weight is 286 g/mol. The molecule has 0 aliphatic heterocycles. The number of aromatic nitrogens is 1. The van der Waals surface area contributed by atoms with Gasteiger partial charge in [0.05, 0.1) is 6.61 Å². The third-order valence-electron chi connectivity index (χ3n) is 3.11. The second-order valence-corrected chi connectivity index (χ2v) is 4.65. The monoisotopic (exact) mass is 286 g/mol. The normalized spacial score (nSPS) is 11.9. The third-order valence-corrected chi connectivity index (χ3v) is 3.11. The van der Waals surface area contributed by atoms with Gasteiger partial charge in [0, 0.05) is 12.6 Å². The van der Waals surface area contributed by atoms with Gasteiger partial charge in [0.15, 0.2) is 5.75 Å². The van der Waals surface area contributed by atoms with Gasteiger partial charge < -0.3 is 14.8 Å². The van der Waals surface area contributed by atoms with Crippen molar-refractivity contribution < 1.29 is 9.47 Å². The van der Waals surface area contributed by atoms with Crippen LogP contribution in [0.4, 0.5) is 0 Å². The van der Waals surface area contributed by atoms with Crippen molar-refractivity contribution in [3.05, 3.63) is 54.2 Å². The topological polar surface area (TPSA) is 43.4 Å². The Bertz CT molecular complexity index is 531. The van der Waals surface area contributed by atoms with Gasteiger partial charge in [-0.1, -0.05) is 30.3 Å². The van der Waals surface area contributed by atoms with Gasteiger partial charge in [-0.05, 0) is 38.2 Å². The van der Waals surface area contributed by atoms with E-state index in [9.17, 15) is 0 Å². The summed E-state index contributed by atoms with van der Waals surface area (Å²) in [4.78, 5) is 4.23. The lowest BCUT2D eigenvalue weighted by Gasteiger charge is -2.20. The van der Waals surface area contributed by atoms with E-state index < -0.39 is 0 Å². The van der Waals surface area contributed by atoms with Crippen molar-refractivity contribution in [3.63, 3.8) is 0 Å². The quantitative estimate of drug-likeness (QED) is 0.809. The summed E-state index contributed by atoms with van der Waals surface area (Å²) in [6.45, 7) is 3.39. The molecule has 0 aliphatic carbocycles. The van der Waals surface area contributed by atoms with Crippen LogP contribution < -0.4 is 14.8 Å². The molecule has 0 spiro atoms. The van der Waals surface area contributed by atoms with Gasteiger partial charge in [-0.15, -0.1) is 0 Å². The summed E-state index contributed by atoms with van der Waals surface area (Å²) in [6.07, 6.45) is 2.56. The molecule has 0 aliphatic rings. The number of hydrogen-bond donors (Lipinski definition) is 1. The lowest BCUT2D eigenvalue weighted by atomic mass is 10.1. The molecule has 1 atom stereocenters. The van der Waals surface area contributed by atoms with Crippen LogP contribution in [0.5, 0.6) is 11.6 Å². The number of nitrogens with one attached hydrogen (secondary N) is 1. The molecule has 1 aromatic carbocycles. The van der Waals surface area contributed by atoms with Gasteiger partial charge in [0.1, 0.15) is 6.10 Å². The van der Waals surface area contributed by atoms with E-state index in [2.05, 4.69) is 22.4 Å². The Hall–Kier alpha value is -2.07. The van der Waals surface area contributed by atoms with E-state index in [0.717, 1.165) is 18.5 Å². The molecule has 112 valence electrons. The van der Waals surface area contributed by atoms with Crippen molar-refractivity contribution in [1.82, 2.24) is 10.3 Å². The van der Waals surface area contributed by atoms with Crippen LogP contribution in [0.1, 0.15) is 25.0 Å². The number of ether oxygens (including phenoxy) is 2. The maximum atomic E-state index is 6.16. The summed E-state index contributed by atoms with van der Waals surface area (Å²) in [5.41, 5.74) is 1.15. The molecule has 1 heterocycles. The fourth-order valence-corrected chi connectivity index (χ4v) is 2.10. The molecule has 0 amide bonds. The van der Waals surface area contributed by atoms with Crippen LogP contribution in [-0.2, 0) is 0 Å². The minimum Gasteiger partial charge on any atom is -0.480 e. The molecule has 0 saturated carbocycles. The van der Waals surface area contributed by atoms with E-state index in [1.807, 2.05) is 44.3 Å². The molecule has 0 radical (unpaired) electrons. The lowest BCUT2D eigenvalue weighted by Crippen LogP contribution is -2.16. The summed E-state index contributed by atoms with van der Waals surface area (Å²) in [7, 11) is 1.94. The Labute approximate surface area is 126 Å². The zero-order chi connectivity index (χ0) is 14.9. The van der Waals surface area contributed by atoms with Gasteiger partial charge in [-0.3, -0.25) is 0 Å². The highest BCUT2D eigenvalue weighted by molar-refractivity contribution is 5.33. The SMILES string of the molecule is CCOc1ncccc1OC(CCNC)c1ccccc1. The second-order valence-electron chi connectivity index (χ2n) is 4.65. The Morgan fingerprint density at radius 2 is 1.95 bits per heavy atom. The Morgan fingerprint density at radius 1 is 1.14 bits per heavy atom. The van der Waals surface area contributed by atoms with E-state index in [0.29, 0.717) is 18.2 Å². The molecule has 4 heteroatoms. The minimum absolute atomic E-state index is 0.0259. The molecule has 1 unspecified atom stereocenters. The average Bonchev–Trinajstić information content (AvgIpc) is 2.54. The van der Waals surface area contributed by atoms with Crippen LogP contribution in [0.25, 0.3) is 0 Å². The van der Waals surface area contributed by atoms with Crippen molar-refractivity contribution in [2.24, 2.45) is 0 Å². The number of rotatable bonds is 8. The summed E-state index contributed by atoms with van der Waals surface area (Å²) in [5.74, 6) is 1.23. The zero-order valence-corrected chi connectivity index (χ0v) is 12.6. The van der Waals surface area contributed by atoms with Crippen LogP contribution in [0.2, 0.25) is 0 Å². The maximum absolute atomic E-state index is 6.16. The molecular weight excluding hydrogens is 264 g/mol. The molecule has 2 aromatic rings. The predicted octanol–water partition coefficient (Wildman–Crippen LogP) is 3.21. The Kier molecular flexibility index (Phi) is 6.03. The van der Waals surface area contributed by atoms with Crippen molar-refractivity contribution >= 4 is 0 Å². The van der Waals surface area contributed by atoms with Crippen LogP contribution in [-0.4, -0.2) is 25.2 Å². The molecule has 0 saturated heterocycles. The zero-order valence-electron chi connectivity index (χ0n) is 12.6. The summed E-state index contributed by atoms with van der Waals surface area (Å²) in [5, 5.41) is 3.17. The maximum Gasteiger partial charge on any atom is 0.257 e. The van der Waals surface area contributed by atoms with Crippen LogP contribution in [0.3, 0.4) is 0 Å². The van der Waals surface area contributed by atoms with Gasteiger partial charge in [0.2, 0.25) is 0 Å². The van der Waals surface area contributed by atoms with E-state index in [1.54, 1.807) is 6.20 Å². The van der Waals surface area contributed by atoms with Crippen molar-refractivity contribution in [1.29, 1.82) is 0 Å². The first-order valence-electron chi connectivity index (χ1n) is 7.29. The first kappa shape index (κ1) is 15.3. The number of pyridine rings is 1. The van der Waals surface area contributed by atoms with E-state index in [1.165, 1.54) is 0 Å². The second kappa shape index (κ2) is 8.27. The molecule has 0 bridgehead atoms. The molecular formula is C17H22N2O2. The molecule has 2 rings (SSSR count). The molecule has 1 N–H and O–H groups in total. The molecule has 0 fully saturated rings. The van der Waals surface area contributed by atoms with Crippen molar-refractivity contribution in [2.45, 2.75) is 19.4 Å². The Morgan fingerprint density at radius 3 is 2.67 bits per heavy atom. The fraction of sp³-hybridized carbons (Fsp3) is 0.353. The van der Waals surface area contributed by atoms with E-state index in [4.69, 9.17) is 9.47 Å². The number of nitrogens with zero attached hydrogens (tertiary/aromatic N) is 1. The molecule has 21 heavy (non-hydrogen) atoms. The predicted molar refractivity (Wildman–Crippen MR) is 83.8 cm³/mol. The third kappa shape index (κ3) is 4.46. The van der Waals surface area contributed by atoms with E-state index >= 15 is 0 Å². The van der Waals surface area contributed by atoms with Crippen molar-refractivity contribution in [2.75, 3.05) is 20.2 Å². The van der Waals surface area contributed by atoms with E-state index in [-0.39, 0.29) is 6.10 Å². The van der Waals surface area contributed by atoms with Crippen LogP contribution in [0.15, 0.2) is 48.7 Å².